The number of rotatable bonds is 3. The van der Waals surface area contributed by atoms with E-state index < -0.39 is 5.25 Å². The Labute approximate surface area is 132 Å². The quantitative estimate of drug-likeness (QED) is 0.874. The number of hydrogen-bond donors (Lipinski definition) is 2. The van der Waals surface area contributed by atoms with Crippen LogP contribution in [0.2, 0.25) is 0 Å². The van der Waals surface area contributed by atoms with Crippen molar-refractivity contribution in [1.29, 1.82) is 10.5 Å². The fourth-order valence-corrected chi connectivity index (χ4v) is 3.20. The Kier molecular flexibility index (Phi) is 4.50. The van der Waals surface area contributed by atoms with E-state index in [0.29, 0.717) is 22.1 Å². The first-order chi connectivity index (χ1) is 10.5. The normalized spacial score (nSPS) is 17.7. The Morgan fingerprint density at radius 3 is 2.09 bits per heavy atom. The minimum Gasteiger partial charge on any atom is -0.497 e. The molecule has 1 atom stereocenters. The van der Waals surface area contributed by atoms with Crippen molar-refractivity contribution in [3.8, 4) is 23.6 Å². The van der Waals surface area contributed by atoms with Gasteiger partial charge in [-0.05, 0) is 17.7 Å². The van der Waals surface area contributed by atoms with E-state index in [4.69, 9.17) is 26.2 Å². The van der Waals surface area contributed by atoms with Gasteiger partial charge in [0.25, 0.3) is 0 Å². The number of nitrogens with zero attached hydrogens (tertiary/aromatic N) is 2. The van der Waals surface area contributed by atoms with E-state index in [1.807, 2.05) is 6.07 Å². The molecule has 2 rings (SSSR count). The van der Waals surface area contributed by atoms with Crippen LogP contribution in [-0.4, -0.2) is 14.2 Å². The van der Waals surface area contributed by atoms with Crippen LogP contribution in [0, 0.1) is 22.7 Å². The van der Waals surface area contributed by atoms with E-state index in [9.17, 15) is 5.26 Å². The van der Waals surface area contributed by atoms with Gasteiger partial charge in [-0.15, -0.1) is 0 Å². The lowest BCUT2D eigenvalue weighted by molar-refractivity contribution is 0.393. The topological polar surface area (TPSA) is 118 Å². The summed E-state index contributed by atoms with van der Waals surface area (Å²) < 4.78 is 10.5. The third kappa shape index (κ3) is 2.67. The first-order valence-electron chi connectivity index (χ1n) is 6.25. The number of hydrogen-bond acceptors (Lipinski definition) is 7. The predicted octanol–water partition coefficient (Wildman–Crippen LogP) is 1.92. The fourth-order valence-electron chi connectivity index (χ4n) is 2.10. The summed E-state index contributed by atoms with van der Waals surface area (Å²) in [5.74, 6) is 1.19. The van der Waals surface area contributed by atoms with Crippen molar-refractivity contribution < 1.29 is 9.47 Å². The minimum atomic E-state index is -0.411. The molecule has 0 bridgehead atoms. The molecule has 0 saturated heterocycles. The smallest absolute Gasteiger partial charge is 0.122 e. The predicted molar refractivity (Wildman–Crippen MR) is 83.5 cm³/mol. The highest BCUT2D eigenvalue weighted by Gasteiger charge is 2.30. The molecule has 0 aromatic heterocycles. The van der Waals surface area contributed by atoms with Gasteiger partial charge in [-0.25, -0.2) is 0 Å². The van der Waals surface area contributed by atoms with Gasteiger partial charge in [-0.2, -0.15) is 10.5 Å². The molecule has 0 spiro atoms. The Balaban J connectivity index is 2.58. The number of methoxy groups -OCH3 is 2. The van der Waals surface area contributed by atoms with Crippen molar-refractivity contribution in [3.05, 3.63) is 45.6 Å². The van der Waals surface area contributed by atoms with Crippen LogP contribution in [0.15, 0.2) is 40.1 Å². The number of benzene rings is 1. The molecule has 0 amide bonds. The van der Waals surface area contributed by atoms with Crippen molar-refractivity contribution in [2.24, 2.45) is 11.5 Å². The second kappa shape index (κ2) is 6.33. The van der Waals surface area contributed by atoms with Gasteiger partial charge in [0.1, 0.15) is 23.1 Å². The molecule has 1 heterocycles. The molecule has 0 radical (unpaired) electrons. The summed E-state index contributed by atoms with van der Waals surface area (Å²) in [6.45, 7) is 0. The minimum absolute atomic E-state index is 0.119. The molecule has 7 heteroatoms. The molecule has 6 nitrogen and oxygen atoms in total. The van der Waals surface area contributed by atoms with Crippen molar-refractivity contribution in [1.82, 2.24) is 0 Å². The highest BCUT2D eigenvalue weighted by Crippen LogP contribution is 2.46. The van der Waals surface area contributed by atoms with Gasteiger partial charge in [-0.3, -0.25) is 0 Å². The summed E-state index contributed by atoms with van der Waals surface area (Å²) >= 11 is 1.21. The fraction of sp³-hybridized carbons (Fsp3) is 0.200. The molecule has 1 aliphatic rings. The summed E-state index contributed by atoms with van der Waals surface area (Å²) in [6.07, 6.45) is 0. The SMILES string of the molecule is COc1cc(OC)cc(C2SC(N)=C(C#N)C(N)=C2C#N)c1. The highest BCUT2D eigenvalue weighted by molar-refractivity contribution is 8.03. The Hall–Kier alpha value is -2.77. The molecule has 1 aromatic carbocycles. The molecule has 0 saturated carbocycles. The van der Waals surface area contributed by atoms with Crippen LogP contribution in [-0.2, 0) is 0 Å². The number of ether oxygens (including phenoxy) is 2. The summed E-state index contributed by atoms with van der Waals surface area (Å²) in [7, 11) is 3.09. The van der Waals surface area contributed by atoms with Gasteiger partial charge in [-0.1, -0.05) is 11.8 Å². The standard InChI is InChI=1S/C15H14N4O2S/c1-20-9-3-8(4-10(5-9)21-2)14-11(6-16)13(18)12(7-17)15(19)22-14/h3-5,14H,18-19H2,1-2H3. The zero-order valence-corrected chi connectivity index (χ0v) is 12.9. The van der Waals surface area contributed by atoms with Gasteiger partial charge < -0.3 is 20.9 Å². The maximum absolute atomic E-state index is 9.41. The van der Waals surface area contributed by atoms with Crippen LogP contribution < -0.4 is 20.9 Å². The maximum Gasteiger partial charge on any atom is 0.122 e. The molecular weight excluding hydrogens is 300 g/mol. The first kappa shape index (κ1) is 15.6. The van der Waals surface area contributed by atoms with Gasteiger partial charge in [0, 0.05) is 6.07 Å². The van der Waals surface area contributed by atoms with Crippen LogP contribution in [0.4, 0.5) is 0 Å². The van der Waals surface area contributed by atoms with E-state index in [0.717, 1.165) is 5.56 Å². The summed E-state index contributed by atoms with van der Waals surface area (Å²) in [4.78, 5) is 0. The van der Waals surface area contributed by atoms with Crippen LogP contribution in [0.1, 0.15) is 10.8 Å². The van der Waals surface area contributed by atoms with E-state index in [2.05, 4.69) is 6.07 Å². The van der Waals surface area contributed by atoms with E-state index in [-0.39, 0.29) is 11.3 Å². The summed E-state index contributed by atoms with van der Waals surface area (Å²) in [5, 5.41) is 18.4. The summed E-state index contributed by atoms with van der Waals surface area (Å²) in [5.41, 5.74) is 13.2. The molecule has 4 N–H and O–H groups in total. The van der Waals surface area contributed by atoms with E-state index in [1.165, 1.54) is 11.8 Å². The molecule has 112 valence electrons. The van der Waals surface area contributed by atoms with Crippen LogP contribution in [0.3, 0.4) is 0 Å². The molecular formula is C15H14N4O2S. The second-order valence-electron chi connectivity index (χ2n) is 4.43. The monoisotopic (exact) mass is 314 g/mol. The number of nitriles is 2. The van der Waals surface area contributed by atoms with Gasteiger partial charge in [0.2, 0.25) is 0 Å². The van der Waals surface area contributed by atoms with E-state index >= 15 is 0 Å². The van der Waals surface area contributed by atoms with Crippen molar-refractivity contribution >= 4 is 11.8 Å². The molecule has 1 unspecified atom stereocenters. The molecule has 22 heavy (non-hydrogen) atoms. The lowest BCUT2D eigenvalue weighted by Gasteiger charge is -2.24. The Morgan fingerprint density at radius 2 is 1.64 bits per heavy atom. The van der Waals surface area contributed by atoms with Crippen LogP contribution in [0.5, 0.6) is 11.5 Å². The zero-order valence-electron chi connectivity index (χ0n) is 12.1. The van der Waals surface area contributed by atoms with Crippen molar-refractivity contribution in [2.45, 2.75) is 5.25 Å². The van der Waals surface area contributed by atoms with Gasteiger partial charge >= 0.3 is 0 Å². The van der Waals surface area contributed by atoms with Crippen molar-refractivity contribution in [2.75, 3.05) is 14.2 Å². The highest BCUT2D eigenvalue weighted by atomic mass is 32.2. The van der Waals surface area contributed by atoms with Gasteiger partial charge in [0.05, 0.1) is 41.8 Å². The average molecular weight is 314 g/mol. The Bertz CT molecular complexity index is 734. The number of nitrogens with two attached hydrogens (primary N) is 2. The largest absolute Gasteiger partial charge is 0.497 e. The molecule has 1 aromatic rings. The van der Waals surface area contributed by atoms with Crippen LogP contribution >= 0.6 is 11.8 Å². The lowest BCUT2D eigenvalue weighted by atomic mass is 10.00. The molecule has 0 fully saturated rings. The molecule has 0 aliphatic carbocycles. The molecule has 1 aliphatic heterocycles. The van der Waals surface area contributed by atoms with Crippen molar-refractivity contribution in [3.63, 3.8) is 0 Å². The lowest BCUT2D eigenvalue weighted by Crippen LogP contribution is -2.18. The first-order valence-corrected chi connectivity index (χ1v) is 7.13. The third-order valence-corrected chi connectivity index (χ3v) is 4.42. The Morgan fingerprint density at radius 1 is 1.05 bits per heavy atom. The summed E-state index contributed by atoms with van der Waals surface area (Å²) in [6, 6.07) is 9.32. The second-order valence-corrected chi connectivity index (χ2v) is 5.58. The maximum atomic E-state index is 9.41. The van der Waals surface area contributed by atoms with E-state index in [1.54, 1.807) is 32.4 Å². The van der Waals surface area contributed by atoms with Gasteiger partial charge in [0.15, 0.2) is 0 Å². The zero-order chi connectivity index (χ0) is 16.3. The average Bonchev–Trinajstić information content (AvgIpc) is 2.54. The van der Waals surface area contributed by atoms with Crippen LogP contribution in [0.25, 0.3) is 0 Å². The third-order valence-electron chi connectivity index (χ3n) is 3.22. The number of thioether (sulfide) groups is 1. The number of allylic oxidation sites excluding steroid dienone is 1.